The van der Waals surface area contributed by atoms with E-state index in [9.17, 15) is 8.42 Å². The van der Waals surface area contributed by atoms with Crippen molar-refractivity contribution in [3.63, 3.8) is 0 Å². The van der Waals surface area contributed by atoms with Gasteiger partial charge in [0, 0.05) is 6.54 Å². The van der Waals surface area contributed by atoms with Gasteiger partial charge in [0.15, 0.2) is 0 Å². The summed E-state index contributed by atoms with van der Waals surface area (Å²) in [6, 6.07) is 0. The number of nitrogens with two attached hydrogens (primary N) is 1. The van der Waals surface area contributed by atoms with Gasteiger partial charge in [-0.25, -0.2) is 29.0 Å². The molecule has 0 unspecified atom stereocenters. The zero-order chi connectivity index (χ0) is 13.2. The van der Waals surface area contributed by atoms with Gasteiger partial charge in [-0.3, -0.25) is 5.43 Å². The lowest BCUT2D eigenvalue weighted by molar-refractivity contribution is 0.166. The molecule has 1 aromatic rings. The number of hydrogen-bond donors (Lipinski definition) is 3. The van der Waals surface area contributed by atoms with Crippen molar-refractivity contribution >= 4 is 16.0 Å². The third-order valence-corrected chi connectivity index (χ3v) is 4.67. The lowest BCUT2D eigenvalue weighted by Crippen LogP contribution is -2.39. The number of nitrogens with zero attached hydrogens (tertiary/aromatic N) is 2. The molecule has 7 nitrogen and oxygen atoms in total. The molecule has 0 aromatic carbocycles. The molecule has 8 heteroatoms. The summed E-state index contributed by atoms with van der Waals surface area (Å²) in [6.07, 6.45) is 5.74. The van der Waals surface area contributed by atoms with E-state index >= 15 is 0 Å². The van der Waals surface area contributed by atoms with E-state index < -0.39 is 10.0 Å². The second-order valence-electron chi connectivity index (χ2n) is 4.88. The van der Waals surface area contributed by atoms with Crippen molar-refractivity contribution < 1.29 is 8.42 Å². The number of nitrogens with one attached hydrogen (secondary N) is 2. The Morgan fingerprint density at radius 2 is 2.00 bits per heavy atom. The number of hydrogen-bond acceptors (Lipinski definition) is 6. The van der Waals surface area contributed by atoms with Crippen molar-refractivity contribution in [2.24, 2.45) is 11.3 Å². The van der Waals surface area contributed by atoms with Gasteiger partial charge in [-0.15, -0.1) is 0 Å². The molecule has 1 aliphatic rings. The average Bonchev–Trinajstić information content (AvgIpc) is 2.34. The highest BCUT2D eigenvalue weighted by molar-refractivity contribution is 7.89. The van der Waals surface area contributed by atoms with Crippen LogP contribution < -0.4 is 16.0 Å². The molecular weight excluding hydrogens is 254 g/mol. The fourth-order valence-corrected chi connectivity index (χ4v) is 2.93. The van der Waals surface area contributed by atoms with Crippen molar-refractivity contribution in [1.29, 1.82) is 0 Å². The van der Waals surface area contributed by atoms with E-state index in [0.717, 1.165) is 19.3 Å². The standard InChI is InChI=1S/C10H17N5O2S/c1-10(3-2-4-10)7-14-18(16,17)8-5-12-9(15-11)13-6-8/h5-6,14H,2-4,7,11H2,1H3,(H,12,13,15). The SMILES string of the molecule is CC1(CNS(=O)(=O)c2cnc(NN)nc2)CCC1. The highest BCUT2D eigenvalue weighted by atomic mass is 32.2. The molecule has 18 heavy (non-hydrogen) atoms. The Balaban J connectivity index is 2.05. The first-order valence-corrected chi connectivity index (χ1v) is 7.22. The van der Waals surface area contributed by atoms with Gasteiger partial charge < -0.3 is 0 Å². The van der Waals surface area contributed by atoms with E-state index in [4.69, 9.17) is 5.84 Å². The Hall–Kier alpha value is -1.25. The Bertz CT molecular complexity index is 510. The molecule has 0 spiro atoms. The molecule has 0 bridgehead atoms. The molecule has 1 saturated carbocycles. The monoisotopic (exact) mass is 271 g/mol. The van der Waals surface area contributed by atoms with Crippen LogP contribution in [-0.2, 0) is 10.0 Å². The molecule has 1 aromatic heterocycles. The summed E-state index contributed by atoms with van der Waals surface area (Å²) < 4.78 is 26.5. The minimum Gasteiger partial charge on any atom is -0.292 e. The lowest BCUT2D eigenvalue weighted by atomic mass is 9.71. The number of anilines is 1. The van der Waals surface area contributed by atoms with Crippen molar-refractivity contribution in [2.45, 2.75) is 31.1 Å². The van der Waals surface area contributed by atoms with E-state index in [-0.39, 0.29) is 16.3 Å². The van der Waals surface area contributed by atoms with Crippen molar-refractivity contribution in [3.8, 4) is 0 Å². The van der Waals surface area contributed by atoms with Crippen LogP contribution in [0.1, 0.15) is 26.2 Å². The maximum atomic E-state index is 12.0. The highest BCUT2D eigenvalue weighted by Gasteiger charge is 2.33. The maximum Gasteiger partial charge on any atom is 0.243 e. The summed E-state index contributed by atoms with van der Waals surface area (Å²) in [5, 5.41) is 0. The van der Waals surface area contributed by atoms with Gasteiger partial charge in [-0.1, -0.05) is 13.3 Å². The Kier molecular flexibility index (Phi) is 3.51. The van der Waals surface area contributed by atoms with Crippen molar-refractivity contribution in [2.75, 3.05) is 12.0 Å². The first kappa shape index (κ1) is 13.2. The van der Waals surface area contributed by atoms with Gasteiger partial charge in [-0.2, -0.15) is 0 Å². The lowest BCUT2D eigenvalue weighted by Gasteiger charge is -2.38. The van der Waals surface area contributed by atoms with Crippen LogP contribution in [0.3, 0.4) is 0 Å². The van der Waals surface area contributed by atoms with Crippen LogP contribution in [0.25, 0.3) is 0 Å². The van der Waals surface area contributed by atoms with Gasteiger partial charge in [0.2, 0.25) is 16.0 Å². The van der Waals surface area contributed by atoms with E-state index in [1.165, 1.54) is 12.4 Å². The molecule has 0 atom stereocenters. The van der Waals surface area contributed by atoms with Crippen LogP contribution >= 0.6 is 0 Å². The third-order valence-electron chi connectivity index (χ3n) is 3.32. The normalized spacial score (nSPS) is 18.1. The molecule has 0 amide bonds. The predicted molar refractivity (Wildman–Crippen MR) is 67.0 cm³/mol. The molecular formula is C10H17N5O2S. The van der Waals surface area contributed by atoms with Gasteiger partial charge >= 0.3 is 0 Å². The number of rotatable bonds is 5. The van der Waals surface area contributed by atoms with E-state index in [2.05, 4.69) is 27.0 Å². The van der Waals surface area contributed by atoms with E-state index in [1.807, 2.05) is 0 Å². The highest BCUT2D eigenvalue weighted by Crippen LogP contribution is 2.39. The van der Waals surface area contributed by atoms with Gasteiger partial charge in [0.1, 0.15) is 4.90 Å². The Morgan fingerprint density at radius 3 is 2.44 bits per heavy atom. The van der Waals surface area contributed by atoms with Crippen molar-refractivity contribution in [1.82, 2.24) is 14.7 Å². The van der Waals surface area contributed by atoms with Crippen LogP contribution in [-0.4, -0.2) is 24.9 Å². The third kappa shape index (κ3) is 2.77. The first-order valence-electron chi connectivity index (χ1n) is 5.74. The second kappa shape index (κ2) is 4.79. The molecule has 1 aliphatic carbocycles. The number of sulfonamides is 1. The zero-order valence-electron chi connectivity index (χ0n) is 10.2. The molecule has 0 saturated heterocycles. The summed E-state index contributed by atoms with van der Waals surface area (Å²) in [4.78, 5) is 7.60. The van der Waals surface area contributed by atoms with Gasteiger partial charge in [-0.05, 0) is 18.3 Å². The molecule has 100 valence electrons. The maximum absolute atomic E-state index is 12.0. The Labute approximate surface area is 106 Å². The number of aromatic nitrogens is 2. The first-order chi connectivity index (χ1) is 8.45. The van der Waals surface area contributed by atoms with E-state index in [0.29, 0.717) is 6.54 Å². The Morgan fingerprint density at radius 1 is 1.39 bits per heavy atom. The minimum absolute atomic E-state index is 0.0458. The van der Waals surface area contributed by atoms with Crippen LogP contribution in [0.15, 0.2) is 17.3 Å². The summed E-state index contributed by atoms with van der Waals surface area (Å²) in [5.41, 5.74) is 2.33. The molecule has 1 heterocycles. The molecule has 1 fully saturated rings. The fraction of sp³-hybridized carbons (Fsp3) is 0.600. The largest absolute Gasteiger partial charge is 0.292 e. The number of hydrazine groups is 1. The van der Waals surface area contributed by atoms with Gasteiger partial charge in [0.05, 0.1) is 12.4 Å². The summed E-state index contributed by atoms with van der Waals surface area (Å²) >= 11 is 0. The predicted octanol–water partition coefficient (Wildman–Crippen LogP) is 0.231. The number of nitrogen functional groups attached to an aromatic ring is 1. The summed E-state index contributed by atoms with van der Waals surface area (Å²) in [6.45, 7) is 2.53. The van der Waals surface area contributed by atoms with Crippen LogP contribution in [0.5, 0.6) is 0 Å². The molecule has 0 radical (unpaired) electrons. The second-order valence-corrected chi connectivity index (χ2v) is 6.64. The molecule has 0 aliphatic heterocycles. The van der Waals surface area contributed by atoms with Crippen LogP contribution in [0, 0.1) is 5.41 Å². The zero-order valence-corrected chi connectivity index (χ0v) is 11.0. The summed E-state index contributed by atoms with van der Waals surface area (Å²) in [7, 11) is -3.54. The molecule has 4 N–H and O–H groups in total. The van der Waals surface area contributed by atoms with Gasteiger partial charge in [0.25, 0.3) is 0 Å². The van der Waals surface area contributed by atoms with E-state index in [1.54, 1.807) is 0 Å². The topological polar surface area (TPSA) is 110 Å². The quantitative estimate of drug-likeness (QED) is 0.522. The van der Waals surface area contributed by atoms with Crippen molar-refractivity contribution in [3.05, 3.63) is 12.4 Å². The smallest absolute Gasteiger partial charge is 0.243 e. The van der Waals surface area contributed by atoms with Crippen LogP contribution in [0.2, 0.25) is 0 Å². The van der Waals surface area contributed by atoms with Crippen LogP contribution in [0.4, 0.5) is 5.95 Å². The minimum atomic E-state index is -3.54. The fourth-order valence-electron chi connectivity index (χ4n) is 1.84. The summed E-state index contributed by atoms with van der Waals surface area (Å²) in [5.74, 6) is 5.29. The molecule has 2 rings (SSSR count). The average molecular weight is 271 g/mol.